The van der Waals surface area contributed by atoms with E-state index in [9.17, 15) is 10.2 Å². The molecule has 0 heterocycles. The molecule has 0 amide bonds. The fourth-order valence-corrected chi connectivity index (χ4v) is 3.57. The van der Waals surface area contributed by atoms with E-state index < -0.39 is 0 Å². The summed E-state index contributed by atoms with van der Waals surface area (Å²) >= 11 is 0. The van der Waals surface area contributed by atoms with Gasteiger partial charge in [0.15, 0.2) is 0 Å². The highest BCUT2D eigenvalue weighted by Crippen LogP contribution is 2.14. The van der Waals surface area contributed by atoms with E-state index in [0.717, 1.165) is 13.0 Å². The van der Waals surface area contributed by atoms with Crippen molar-refractivity contribution in [2.45, 2.75) is 136 Å². The van der Waals surface area contributed by atoms with E-state index >= 15 is 0 Å². The number of rotatable bonds is 21. The summed E-state index contributed by atoms with van der Waals surface area (Å²) in [5.41, 5.74) is 0. The van der Waals surface area contributed by atoms with Crippen molar-refractivity contribution < 1.29 is 10.2 Å². The van der Waals surface area contributed by atoms with Crippen LogP contribution in [0.25, 0.3) is 0 Å². The number of hydrogen-bond acceptors (Lipinski definition) is 3. The predicted molar refractivity (Wildman–Crippen MR) is 128 cm³/mol. The first-order valence-corrected chi connectivity index (χ1v) is 12.7. The van der Waals surface area contributed by atoms with Crippen LogP contribution in [0.2, 0.25) is 0 Å². The third kappa shape index (κ3) is 19.9. The summed E-state index contributed by atoms with van der Waals surface area (Å²) in [6.45, 7) is 7.00. The normalized spacial score (nSPS) is 12.5. The molecule has 2 N–H and O–H groups in total. The second-order valence-corrected chi connectivity index (χ2v) is 8.49. The maximum absolute atomic E-state index is 9.76. The van der Waals surface area contributed by atoms with E-state index in [1.165, 1.54) is 96.3 Å². The second kappa shape index (κ2) is 21.6. The zero-order valence-electron chi connectivity index (χ0n) is 19.9. The molecule has 3 nitrogen and oxygen atoms in total. The van der Waals surface area contributed by atoms with E-state index in [4.69, 9.17) is 0 Å². The van der Waals surface area contributed by atoms with Gasteiger partial charge in [0, 0.05) is 31.8 Å². The summed E-state index contributed by atoms with van der Waals surface area (Å²) in [7, 11) is 0. The predicted octanol–water partition coefficient (Wildman–Crippen LogP) is 9.17. The molecule has 0 saturated carbocycles. The van der Waals surface area contributed by atoms with Gasteiger partial charge in [-0.1, -0.05) is 117 Å². The molecule has 0 aromatic heterocycles. The fourth-order valence-electron chi connectivity index (χ4n) is 3.57. The Bertz CT molecular complexity index is 384. The van der Waals surface area contributed by atoms with Crippen molar-refractivity contribution in [1.29, 1.82) is 0 Å². The van der Waals surface area contributed by atoms with Crippen LogP contribution < -0.4 is 0 Å². The first-order chi connectivity index (χ1) is 14.1. The monoisotopic (exact) mass is 409 g/mol. The Morgan fingerprint density at radius 1 is 0.517 bits per heavy atom. The minimum Gasteiger partial charge on any atom is -0.511 e. The van der Waals surface area contributed by atoms with Crippen molar-refractivity contribution in [3.63, 3.8) is 0 Å². The van der Waals surface area contributed by atoms with Crippen molar-refractivity contribution in [2.24, 2.45) is 0 Å². The van der Waals surface area contributed by atoms with Gasteiger partial charge in [0.25, 0.3) is 0 Å². The summed E-state index contributed by atoms with van der Waals surface area (Å²) in [5.74, 6) is 0.725. The molecule has 0 bridgehead atoms. The van der Waals surface area contributed by atoms with Gasteiger partial charge in [-0.25, -0.2) is 0 Å². The van der Waals surface area contributed by atoms with Crippen LogP contribution in [0.1, 0.15) is 136 Å². The SMILES string of the molecule is CCCCCCCCCCCCCCCCCCN(C=C(O)CC)C=C(O)CC. The maximum atomic E-state index is 9.76. The van der Waals surface area contributed by atoms with Crippen molar-refractivity contribution in [2.75, 3.05) is 6.54 Å². The average molecular weight is 410 g/mol. The van der Waals surface area contributed by atoms with Crippen molar-refractivity contribution in [1.82, 2.24) is 4.90 Å². The molecule has 29 heavy (non-hydrogen) atoms. The van der Waals surface area contributed by atoms with Crippen LogP contribution in [-0.2, 0) is 0 Å². The Labute approximate surface area is 182 Å². The third-order valence-electron chi connectivity index (χ3n) is 5.62. The lowest BCUT2D eigenvalue weighted by Gasteiger charge is -2.17. The molecule has 0 unspecified atom stereocenters. The molecular weight excluding hydrogens is 358 g/mol. The van der Waals surface area contributed by atoms with Gasteiger partial charge >= 0.3 is 0 Å². The molecule has 0 aromatic carbocycles. The minimum atomic E-state index is 0.363. The second-order valence-electron chi connectivity index (χ2n) is 8.49. The van der Waals surface area contributed by atoms with Gasteiger partial charge < -0.3 is 15.1 Å². The number of nitrogens with zero attached hydrogens (tertiary/aromatic N) is 1. The van der Waals surface area contributed by atoms with Crippen LogP contribution in [0, 0.1) is 0 Å². The Kier molecular flexibility index (Phi) is 20.8. The van der Waals surface area contributed by atoms with Gasteiger partial charge in [-0.15, -0.1) is 0 Å². The Morgan fingerprint density at radius 2 is 0.828 bits per heavy atom. The molecule has 0 fully saturated rings. The summed E-state index contributed by atoms with van der Waals surface area (Å²) in [6.07, 6.45) is 26.7. The molecule has 0 aliphatic rings. The van der Waals surface area contributed by atoms with Gasteiger partial charge in [-0.2, -0.15) is 0 Å². The molecule has 3 heteroatoms. The number of aliphatic hydroxyl groups is 2. The smallest absolute Gasteiger partial charge is 0.108 e. The summed E-state index contributed by atoms with van der Waals surface area (Å²) in [6, 6.07) is 0. The highest BCUT2D eigenvalue weighted by atomic mass is 16.3. The molecule has 0 atom stereocenters. The van der Waals surface area contributed by atoms with E-state index in [1.807, 2.05) is 18.7 Å². The molecule has 0 rings (SSSR count). The van der Waals surface area contributed by atoms with E-state index in [-0.39, 0.29) is 0 Å². The average Bonchev–Trinajstić information content (AvgIpc) is 2.72. The topological polar surface area (TPSA) is 43.7 Å². The number of unbranched alkanes of at least 4 members (excludes halogenated alkanes) is 15. The Morgan fingerprint density at radius 3 is 1.14 bits per heavy atom. The van der Waals surface area contributed by atoms with Crippen LogP contribution in [-0.4, -0.2) is 21.7 Å². The highest BCUT2D eigenvalue weighted by molar-refractivity contribution is 4.98. The zero-order valence-corrected chi connectivity index (χ0v) is 19.9. The zero-order chi connectivity index (χ0) is 21.6. The van der Waals surface area contributed by atoms with Gasteiger partial charge in [0.2, 0.25) is 0 Å². The van der Waals surface area contributed by atoms with Gasteiger partial charge in [-0.05, 0) is 6.42 Å². The molecular formula is C26H51NO2. The fraction of sp³-hybridized carbons (Fsp3) is 0.846. The van der Waals surface area contributed by atoms with E-state index in [1.54, 1.807) is 12.4 Å². The van der Waals surface area contributed by atoms with Gasteiger partial charge in [0.05, 0.1) is 0 Å². The summed E-state index contributed by atoms with van der Waals surface area (Å²) in [4.78, 5) is 1.93. The third-order valence-corrected chi connectivity index (χ3v) is 5.62. The van der Waals surface area contributed by atoms with Crippen LogP contribution in [0.5, 0.6) is 0 Å². The lowest BCUT2D eigenvalue weighted by molar-refractivity contribution is 0.344. The molecule has 0 aliphatic heterocycles. The Balaban J connectivity index is 3.55. The van der Waals surface area contributed by atoms with Crippen molar-refractivity contribution >= 4 is 0 Å². The van der Waals surface area contributed by atoms with Crippen LogP contribution in [0.15, 0.2) is 23.9 Å². The van der Waals surface area contributed by atoms with Crippen LogP contribution in [0.4, 0.5) is 0 Å². The van der Waals surface area contributed by atoms with E-state index in [0.29, 0.717) is 24.4 Å². The number of aliphatic hydroxyl groups excluding tert-OH is 2. The first kappa shape index (κ1) is 27.9. The molecule has 0 radical (unpaired) electrons. The van der Waals surface area contributed by atoms with Crippen LogP contribution >= 0.6 is 0 Å². The number of allylic oxidation sites excluding steroid dienone is 2. The standard InChI is InChI=1S/C26H51NO2/c1-4-7-8-9-10-11-12-13-14-15-16-17-18-19-20-21-22-27(23-25(28)5-2)24-26(29)6-3/h23-24,28-29H,4-22H2,1-3H3. The van der Waals surface area contributed by atoms with Gasteiger partial charge in [-0.3, -0.25) is 0 Å². The quantitative estimate of drug-likeness (QED) is 0.147. The van der Waals surface area contributed by atoms with E-state index in [2.05, 4.69) is 6.92 Å². The number of hydrogen-bond donors (Lipinski definition) is 2. The molecule has 0 saturated heterocycles. The Hall–Kier alpha value is -1.12. The highest BCUT2D eigenvalue weighted by Gasteiger charge is 2.01. The van der Waals surface area contributed by atoms with Gasteiger partial charge in [0.1, 0.15) is 11.5 Å². The molecule has 0 aliphatic carbocycles. The van der Waals surface area contributed by atoms with Crippen molar-refractivity contribution in [3.8, 4) is 0 Å². The summed E-state index contributed by atoms with van der Waals surface area (Å²) in [5, 5.41) is 19.5. The summed E-state index contributed by atoms with van der Waals surface area (Å²) < 4.78 is 0. The first-order valence-electron chi connectivity index (χ1n) is 12.7. The van der Waals surface area contributed by atoms with Crippen molar-refractivity contribution in [3.05, 3.63) is 23.9 Å². The molecule has 0 spiro atoms. The largest absolute Gasteiger partial charge is 0.511 e. The lowest BCUT2D eigenvalue weighted by atomic mass is 10.0. The lowest BCUT2D eigenvalue weighted by Crippen LogP contribution is -2.13. The molecule has 0 aromatic rings. The molecule has 172 valence electrons. The van der Waals surface area contributed by atoms with Crippen LogP contribution in [0.3, 0.4) is 0 Å². The maximum Gasteiger partial charge on any atom is 0.108 e. The minimum absolute atomic E-state index is 0.363.